The van der Waals surface area contributed by atoms with Crippen LogP contribution in [0.3, 0.4) is 0 Å². The summed E-state index contributed by atoms with van der Waals surface area (Å²) in [6.45, 7) is 2.00. The van der Waals surface area contributed by atoms with Crippen LogP contribution in [-0.2, 0) is 0 Å². The first kappa shape index (κ1) is 21.2. The highest BCUT2D eigenvalue weighted by Crippen LogP contribution is 2.35. The van der Waals surface area contributed by atoms with Crippen LogP contribution in [0.4, 0.5) is 5.69 Å². The third-order valence-corrected chi connectivity index (χ3v) is 5.32. The van der Waals surface area contributed by atoms with E-state index in [1.54, 1.807) is 37.0 Å². The van der Waals surface area contributed by atoms with E-state index >= 15 is 0 Å². The van der Waals surface area contributed by atoms with Crippen LogP contribution in [0.5, 0.6) is 11.5 Å². The van der Waals surface area contributed by atoms with E-state index in [4.69, 9.17) is 14.6 Å². The third kappa shape index (κ3) is 4.07. The number of carbonyl (C=O) groups excluding carboxylic acids is 1. The third-order valence-electron chi connectivity index (χ3n) is 5.32. The summed E-state index contributed by atoms with van der Waals surface area (Å²) in [5.41, 5.74) is 4.41. The zero-order chi connectivity index (χ0) is 22.7. The van der Waals surface area contributed by atoms with Gasteiger partial charge in [-0.1, -0.05) is 30.3 Å². The summed E-state index contributed by atoms with van der Waals surface area (Å²) in [6.07, 6.45) is 1.76. The first-order valence-electron chi connectivity index (χ1n) is 10.2. The number of benzene rings is 3. The molecule has 1 heterocycles. The topological polar surface area (TPSA) is 56.6 Å². The van der Waals surface area contributed by atoms with Crippen molar-refractivity contribution in [3.05, 3.63) is 90.1 Å². The van der Waals surface area contributed by atoms with E-state index in [9.17, 15) is 4.79 Å². The maximum atomic E-state index is 13.6. The highest BCUT2D eigenvalue weighted by atomic mass is 16.5. The molecule has 0 aliphatic heterocycles. The Labute approximate surface area is 187 Å². The molecule has 0 saturated carbocycles. The van der Waals surface area contributed by atoms with Crippen molar-refractivity contribution >= 4 is 11.6 Å². The van der Waals surface area contributed by atoms with Crippen molar-refractivity contribution in [3.63, 3.8) is 0 Å². The molecular formula is C26H25N3O3. The van der Waals surface area contributed by atoms with Crippen LogP contribution < -0.4 is 14.4 Å². The number of amides is 1. The van der Waals surface area contributed by atoms with E-state index in [0.717, 1.165) is 16.9 Å². The minimum Gasteiger partial charge on any atom is -0.497 e. The first-order valence-corrected chi connectivity index (χ1v) is 10.2. The quantitative estimate of drug-likeness (QED) is 0.427. The van der Waals surface area contributed by atoms with Crippen LogP contribution in [-0.4, -0.2) is 37.0 Å². The second kappa shape index (κ2) is 8.98. The average Bonchev–Trinajstić information content (AvgIpc) is 3.28. The number of hydrogen-bond donors (Lipinski definition) is 0. The number of aromatic nitrogens is 2. The largest absolute Gasteiger partial charge is 0.497 e. The summed E-state index contributed by atoms with van der Waals surface area (Å²) >= 11 is 0. The highest BCUT2D eigenvalue weighted by Gasteiger charge is 2.25. The SMILES string of the molecule is COc1ccc(OC)c(-c2nn(-c3ccccc3)cc2C(=O)N(C)c2cccc(C)c2)c1. The van der Waals surface area contributed by atoms with Crippen molar-refractivity contribution in [1.29, 1.82) is 0 Å². The normalized spacial score (nSPS) is 10.6. The van der Waals surface area contributed by atoms with Gasteiger partial charge in [-0.25, -0.2) is 4.68 Å². The molecule has 0 spiro atoms. The number of para-hydroxylation sites is 1. The zero-order valence-corrected chi connectivity index (χ0v) is 18.6. The Morgan fingerprint density at radius 3 is 2.41 bits per heavy atom. The Bertz CT molecular complexity index is 1250. The van der Waals surface area contributed by atoms with Gasteiger partial charge in [0.2, 0.25) is 0 Å². The van der Waals surface area contributed by atoms with Gasteiger partial charge in [-0.3, -0.25) is 4.79 Å². The first-order chi connectivity index (χ1) is 15.5. The van der Waals surface area contributed by atoms with Gasteiger partial charge in [0.1, 0.15) is 17.2 Å². The molecule has 0 bridgehead atoms. The molecule has 4 rings (SSSR count). The molecule has 0 saturated heterocycles. The van der Waals surface area contributed by atoms with Gasteiger partial charge < -0.3 is 14.4 Å². The van der Waals surface area contributed by atoms with E-state index in [1.807, 2.05) is 79.7 Å². The monoisotopic (exact) mass is 427 g/mol. The Morgan fingerprint density at radius 1 is 0.938 bits per heavy atom. The second-order valence-corrected chi connectivity index (χ2v) is 7.44. The lowest BCUT2D eigenvalue weighted by atomic mass is 10.1. The maximum Gasteiger partial charge on any atom is 0.261 e. The van der Waals surface area contributed by atoms with Crippen molar-refractivity contribution in [1.82, 2.24) is 9.78 Å². The lowest BCUT2D eigenvalue weighted by Crippen LogP contribution is -2.26. The Hall–Kier alpha value is -4.06. The molecule has 0 N–H and O–H groups in total. The summed E-state index contributed by atoms with van der Waals surface area (Å²) in [6, 6.07) is 23.0. The van der Waals surface area contributed by atoms with E-state index in [1.165, 1.54) is 0 Å². The zero-order valence-electron chi connectivity index (χ0n) is 18.6. The second-order valence-electron chi connectivity index (χ2n) is 7.44. The minimum atomic E-state index is -0.169. The number of ether oxygens (including phenoxy) is 2. The van der Waals surface area contributed by atoms with Crippen LogP contribution in [0.25, 0.3) is 16.9 Å². The Balaban J connectivity index is 1.88. The van der Waals surface area contributed by atoms with Crippen LogP contribution in [0.15, 0.2) is 79.0 Å². The van der Waals surface area contributed by atoms with Crippen LogP contribution in [0, 0.1) is 6.92 Å². The van der Waals surface area contributed by atoms with E-state index in [0.29, 0.717) is 28.3 Å². The molecule has 1 amide bonds. The fourth-order valence-corrected chi connectivity index (χ4v) is 3.58. The van der Waals surface area contributed by atoms with Gasteiger partial charge in [-0.2, -0.15) is 5.10 Å². The van der Waals surface area contributed by atoms with E-state index in [2.05, 4.69) is 0 Å². The van der Waals surface area contributed by atoms with E-state index in [-0.39, 0.29) is 5.91 Å². The Morgan fingerprint density at radius 2 is 1.72 bits per heavy atom. The van der Waals surface area contributed by atoms with E-state index < -0.39 is 0 Å². The Kier molecular flexibility index (Phi) is 5.94. The molecule has 162 valence electrons. The lowest BCUT2D eigenvalue weighted by Gasteiger charge is -2.18. The van der Waals surface area contributed by atoms with Gasteiger partial charge in [0.05, 0.1) is 25.5 Å². The molecule has 0 unspecified atom stereocenters. The standard InChI is InChI=1S/C26H25N3O3/c1-18-9-8-12-20(15-18)28(2)26(30)23-17-29(19-10-6-5-7-11-19)27-25(23)22-16-21(31-3)13-14-24(22)32-4/h5-17H,1-4H3. The summed E-state index contributed by atoms with van der Waals surface area (Å²) in [7, 11) is 4.97. The van der Waals surface area contributed by atoms with Gasteiger partial charge in [0, 0.05) is 24.5 Å². The fourth-order valence-electron chi connectivity index (χ4n) is 3.58. The lowest BCUT2D eigenvalue weighted by molar-refractivity contribution is 0.0993. The van der Waals surface area contributed by atoms with Gasteiger partial charge >= 0.3 is 0 Å². The number of aryl methyl sites for hydroxylation is 1. The van der Waals surface area contributed by atoms with Gasteiger partial charge in [-0.15, -0.1) is 0 Å². The average molecular weight is 428 g/mol. The fraction of sp³-hybridized carbons (Fsp3) is 0.154. The van der Waals surface area contributed by atoms with Crippen LogP contribution >= 0.6 is 0 Å². The molecule has 3 aromatic carbocycles. The maximum absolute atomic E-state index is 13.6. The number of rotatable bonds is 6. The molecule has 0 fully saturated rings. The molecule has 0 atom stereocenters. The molecule has 1 aromatic heterocycles. The predicted octanol–water partition coefficient (Wildman–Crippen LogP) is 5.14. The predicted molar refractivity (Wildman–Crippen MR) is 126 cm³/mol. The summed E-state index contributed by atoms with van der Waals surface area (Å²) in [5, 5.41) is 4.78. The number of nitrogens with zero attached hydrogens (tertiary/aromatic N) is 3. The number of methoxy groups -OCH3 is 2. The molecule has 32 heavy (non-hydrogen) atoms. The highest BCUT2D eigenvalue weighted by molar-refractivity contribution is 6.09. The van der Waals surface area contributed by atoms with Crippen molar-refractivity contribution < 1.29 is 14.3 Å². The summed E-state index contributed by atoms with van der Waals surface area (Å²) in [4.78, 5) is 15.3. The molecule has 6 heteroatoms. The van der Waals surface area contributed by atoms with Crippen molar-refractivity contribution in [2.24, 2.45) is 0 Å². The summed E-state index contributed by atoms with van der Waals surface area (Å²) in [5.74, 6) is 1.09. The number of hydrogen-bond acceptors (Lipinski definition) is 4. The van der Waals surface area contributed by atoms with Crippen LogP contribution in [0.2, 0.25) is 0 Å². The molecule has 0 aliphatic carbocycles. The smallest absolute Gasteiger partial charge is 0.261 e. The molecule has 0 aliphatic rings. The minimum absolute atomic E-state index is 0.169. The number of carbonyl (C=O) groups is 1. The molecule has 0 radical (unpaired) electrons. The van der Waals surface area contributed by atoms with Crippen LogP contribution in [0.1, 0.15) is 15.9 Å². The molecular weight excluding hydrogens is 402 g/mol. The van der Waals surface area contributed by atoms with Crippen molar-refractivity contribution in [3.8, 4) is 28.4 Å². The number of anilines is 1. The van der Waals surface area contributed by atoms with Crippen molar-refractivity contribution in [2.45, 2.75) is 6.92 Å². The summed E-state index contributed by atoms with van der Waals surface area (Å²) < 4.78 is 12.7. The molecule has 6 nitrogen and oxygen atoms in total. The van der Waals surface area contributed by atoms with Gasteiger partial charge in [0.15, 0.2) is 0 Å². The van der Waals surface area contributed by atoms with Gasteiger partial charge in [0.25, 0.3) is 5.91 Å². The van der Waals surface area contributed by atoms with Crippen molar-refractivity contribution in [2.75, 3.05) is 26.2 Å². The van der Waals surface area contributed by atoms with Gasteiger partial charge in [-0.05, 0) is 55.0 Å². The molecule has 4 aromatic rings.